The van der Waals surface area contributed by atoms with Gasteiger partial charge in [0.25, 0.3) is 0 Å². The highest BCUT2D eigenvalue weighted by molar-refractivity contribution is 5.63. The Hall–Kier alpha value is -3.30. The summed E-state index contributed by atoms with van der Waals surface area (Å²) in [6, 6.07) is 17.1. The second kappa shape index (κ2) is 7.51. The molecule has 2 N–H and O–H groups in total. The van der Waals surface area contributed by atoms with E-state index in [0.29, 0.717) is 17.1 Å². The van der Waals surface area contributed by atoms with Crippen LogP contribution in [0.15, 0.2) is 60.9 Å². The molecule has 0 spiro atoms. The molecule has 0 saturated heterocycles. The quantitative estimate of drug-likeness (QED) is 0.748. The Balaban J connectivity index is 1.74. The van der Waals surface area contributed by atoms with Crippen LogP contribution in [0.1, 0.15) is 17.2 Å². The van der Waals surface area contributed by atoms with Gasteiger partial charge in [-0.05, 0) is 17.7 Å². The van der Waals surface area contributed by atoms with Crippen LogP contribution in [-0.4, -0.2) is 21.6 Å². The second-order valence-corrected chi connectivity index (χ2v) is 5.40. The molecule has 1 aromatic heterocycles. The molecular formula is C19H15FN4O. The third-order valence-electron chi connectivity index (χ3n) is 3.71. The van der Waals surface area contributed by atoms with Crippen LogP contribution in [0.3, 0.4) is 0 Å². The van der Waals surface area contributed by atoms with Crippen molar-refractivity contribution in [2.45, 2.75) is 6.10 Å². The lowest BCUT2D eigenvalue weighted by molar-refractivity contribution is 0.191. The van der Waals surface area contributed by atoms with E-state index in [4.69, 9.17) is 5.26 Å². The zero-order chi connectivity index (χ0) is 17.6. The summed E-state index contributed by atoms with van der Waals surface area (Å²) in [5.41, 5.74) is 1.86. The summed E-state index contributed by atoms with van der Waals surface area (Å²) in [6.45, 7) is 0.280. The molecule has 0 bridgehead atoms. The molecule has 1 unspecified atom stereocenters. The zero-order valence-electron chi connectivity index (χ0n) is 13.2. The van der Waals surface area contributed by atoms with E-state index in [0.717, 1.165) is 5.56 Å². The Morgan fingerprint density at radius 3 is 2.64 bits per heavy atom. The van der Waals surface area contributed by atoms with Crippen molar-refractivity contribution in [1.29, 1.82) is 5.26 Å². The predicted molar refractivity (Wildman–Crippen MR) is 92.0 cm³/mol. The van der Waals surface area contributed by atoms with Gasteiger partial charge in [0.05, 0.1) is 17.4 Å². The highest BCUT2D eigenvalue weighted by Crippen LogP contribution is 2.22. The minimum atomic E-state index is -0.674. The van der Waals surface area contributed by atoms with Gasteiger partial charge in [-0.1, -0.05) is 36.4 Å². The molecular weight excluding hydrogens is 319 g/mol. The molecule has 0 radical (unpaired) electrons. The van der Waals surface area contributed by atoms with Gasteiger partial charge in [-0.15, -0.1) is 0 Å². The third kappa shape index (κ3) is 3.97. The number of halogens is 1. The lowest BCUT2D eigenvalue weighted by Crippen LogP contribution is -2.13. The molecule has 5 nitrogen and oxygen atoms in total. The van der Waals surface area contributed by atoms with E-state index >= 15 is 0 Å². The van der Waals surface area contributed by atoms with Gasteiger partial charge in [-0.2, -0.15) is 5.26 Å². The van der Waals surface area contributed by atoms with Crippen LogP contribution in [0, 0.1) is 17.1 Å². The number of hydrogen-bond donors (Lipinski definition) is 2. The fraction of sp³-hybridized carbons (Fsp3) is 0.105. The van der Waals surface area contributed by atoms with Gasteiger partial charge in [0.1, 0.15) is 24.0 Å². The monoisotopic (exact) mass is 334 g/mol. The predicted octanol–water partition coefficient (Wildman–Crippen LogP) is 3.30. The van der Waals surface area contributed by atoms with Crippen molar-refractivity contribution < 1.29 is 9.50 Å². The molecule has 0 amide bonds. The van der Waals surface area contributed by atoms with Crippen LogP contribution >= 0.6 is 0 Å². The summed E-state index contributed by atoms with van der Waals surface area (Å²) in [7, 11) is 0. The van der Waals surface area contributed by atoms with Gasteiger partial charge in [0, 0.05) is 18.2 Å². The molecule has 0 aliphatic heterocycles. The highest BCUT2D eigenvalue weighted by Gasteiger charge is 2.09. The largest absolute Gasteiger partial charge is 0.387 e. The number of rotatable bonds is 5. The molecule has 2 aromatic carbocycles. The first kappa shape index (κ1) is 16.6. The number of anilines is 1. The van der Waals surface area contributed by atoms with Crippen molar-refractivity contribution in [3.05, 3.63) is 77.9 Å². The van der Waals surface area contributed by atoms with Gasteiger partial charge >= 0.3 is 0 Å². The average molecular weight is 334 g/mol. The lowest BCUT2D eigenvalue weighted by atomic mass is 10.1. The molecule has 0 aliphatic carbocycles. The zero-order valence-corrected chi connectivity index (χ0v) is 13.2. The fourth-order valence-electron chi connectivity index (χ4n) is 2.37. The normalized spacial score (nSPS) is 11.6. The lowest BCUT2D eigenvalue weighted by Gasteiger charge is -2.13. The molecule has 0 aliphatic rings. The SMILES string of the molecule is N#Cc1ccc(-c2cc(NCC(O)c3ccccc3)ncn2)cc1F. The first-order valence-corrected chi connectivity index (χ1v) is 7.66. The van der Waals surface area contributed by atoms with E-state index in [9.17, 15) is 9.50 Å². The van der Waals surface area contributed by atoms with Crippen LogP contribution in [0.4, 0.5) is 10.2 Å². The van der Waals surface area contributed by atoms with Gasteiger partial charge in [-0.25, -0.2) is 14.4 Å². The van der Waals surface area contributed by atoms with E-state index in [1.54, 1.807) is 18.2 Å². The molecule has 1 heterocycles. The first-order chi connectivity index (χ1) is 12.2. The summed E-state index contributed by atoms with van der Waals surface area (Å²) in [5, 5.41) is 22.0. The van der Waals surface area contributed by atoms with Gasteiger partial charge < -0.3 is 10.4 Å². The maximum Gasteiger partial charge on any atom is 0.141 e. The van der Waals surface area contributed by atoms with E-state index in [2.05, 4.69) is 15.3 Å². The fourth-order valence-corrected chi connectivity index (χ4v) is 2.37. The topological polar surface area (TPSA) is 81.8 Å². The molecule has 0 saturated carbocycles. The van der Waals surface area contributed by atoms with E-state index < -0.39 is 11.9 Å². The molecule has 0 fully saturated rings. The smallest absolute Gasteiger partial charge is 0.141 e. The molecule has 3 aromatic rings. The van der Waals surface area contributed by atoms with Gasteiger partial charge in [-0.3, -0.25) is 0 Å². The third-order valence-corrected chi connectivity index (χ3v) is 3.71. The van der Waals surface area contributed by atoms with Crippen molar-refractivity contribution in [2.75, 3.05) is 11.9 Å². The van der Waals surface area contributed by atoms with Crippen molar-refractivity contribution in [3.8, 4) is 17.3 Å². The summed E-state index contributed by atoms with van der Waals surface area (Å²) in [6.07, 6.45) is 0.690. The number of aliphatic hydroxyl groups excluding tert-OH is 1. The van der Waals surface area contributed by atoms with Crippen LogP contribution in [0.25, 0.3) is 11.3 Å². The summed E-state index contributed by atoms with van der Waals surface area (Å²) >= 11 is 0. The first-order valence-electron chi connectivity index (χ1n) is 7.66. The van der Waals surface area contributed by atoms with Crippen molar-refractivity contribution in [3.63, 3.8) is 0 Å². The molecule has 6 heteroatoms. The molecule has 25 heavy (non-hydrogen) atoms. The molecule has 124 valence electrons. The van der Waals surface area contributed by atoms with E-state index in [1.807, 2.05) is 30.3 Å². The van der Waals surface area contributed by atoms with Crippen LogP contribution in [-0.2, 0) is 0 Å². The Kier molecular flexibility index (Phi) is 4.97. The number of nitrogens with one attached hydrogen (secondary N) is 1. The molecule has 3 rings (SSSR count). The number of aliphatic hydroxyl groups is 1. The summed E-state index contributed by atoms with van der Waals surface area (Å²) in [4.78, 5) is 8.24. The Bertz CT molecular complexity index is 909. The summed E-state index contributed by atoms with van der Waals surface area (Å²) < 4.78 is 13.8. The highest BCUT2D eigenvalue weighted by atomic mass is 19.1. The standard InChI is InChI=1S/C19H15FN4O/c20-16-8-14(6-7-15(16)10-21)17-9-19(24-12-23-17)22-11-18(25)13-4-2-1-3-5-13/h1-9,12,18,25H,11H2,(H,22,23,24). The maximum absolute atomic E-state index is 13.8. The van der Waals surface area contributed by atoms with Gasteiger partial charge in [0.2, 0.25) is 0 Å². The number of hydrogen-bond acceptors (Lipinski definition) is 5. The van der Waals surface area contributed by atoms with Crippen molar-refractivity contribution >= 4 is 5.82 Å². The number of benzene rings is 2. The number of nitriles is 1. The van der Waals surface area contributed by atoms with E-state index in [1.165, 1.54) is 18.5 Å². The minimum Gasteiger partial charge on any atom is -0.387 e. The second-order valence-electron chi connectivity index (χ2n) is 5.40. The Morgan fingerprint density at radius 1 is 1.12 bits per heavy atom. The van der Waals surface area contributed by atoms with Crippen LogP contribution in [0.2, 0.25) is 0 Å². The number of nitrogens with zero attached hydrogens (tertiary/aromatic N) is 3. The average Bonchev–Trinajstić information content (AvgIpc) is 2.67. The summed E-state index contributed by atoms with van der Waals surface area (Å²) in [5.74, 6) is -0.0719. The maximum atomic E-state index is 13.8. The number of aromatic nitrogens is 2. The Morgan fingerprint density at radius 2 is 1.92 bits per heavy atom. The van der Waals surface area contributed by atoms with Gasteiger partial charge in [0.15, 0.2) is 0 Å². The van der Waals surface area contributed by atoms with Crippen molar-refractivity contribution in [1.82, 2.24) is 9.97 Å². The van der Waals surface area contributed by atoms with Crippen molar-refractivity contribution in [2.24, 2.45) is 0 Å². The minimum absolute atomic E-state index is 0.0119. The van der Waals surface area contributed by atoms with E-state index in [-0.39, 0.29) is 12.1 Å². The van der Waals surface area contributed by atoms with Crippen LogP contribution < -0.4 is 5.32 Å². The molecule has 1 atom stereocenters. The van der Waals surface area contributed by atoms with Crippen LogP contribution in [0.5, 0.6) is 0 Å². The Labute approximate surface area is 144 Å².